The van der Waals surface area contributed by atoms with Crippen molar-refractivity contribution in [3.63, 3.8) is 0 Å². The van der Waals surface area contributed by atoms with Crippen LogP contribution in [-0.2, 0) is 14.8 Å². The zero-order valence-electron chi connectivity index (χ0n) is 15.6. The number of halogens is 1. The number of hydrogen-bond donors (Lipinski definition) is 2. The monoisotopic (exact) mass is 435 g/mol. The molecule has 1 aliphatic heterocycles. The van der Waals surface area contributed by atoms with E-state index in [1.165, 1.54) is 35.3 Å². The van der Waals surface area contributed by atoms with Gasteiger partial charge in [-0.3, -0.25) is 4.79 Å². The highest BCUT2D eigenvalue weighted by molar-refractivity contribution is 7.89. The molecule has 0 aliphatic carbocycles. The minimum Gasteiger partial charge on any atom is -0.503 e. The van der Waals surface area contributed by atoms with E-state index in [-0.39, 0.29) is 21.4 Å². The predicted octanol–water partition coefficient (Wildman–Crippen LogP) is 2.90. The lowest BCUT2D eigenvalue weighted by Gasteiger charge is -2.12. The van der Waals surface area contributed by atoms with Gasteiger partial charge in [-0.1, -0.05) is 11.6 Å². The maximum absolute atomic E-state index is 12.9. The number of aromatic hydroxyl groups is 1. The molecule has 1 heterocycles. The highest BCUT2D eigenvalue weighted by atomic mass is 35.5. The first kappa shape index (κ1) is 20.8. The van der Waals surface area contributed by atoms with E-state index in [0.717, 1.165) is 0 Å². The molecule has 0 saturated heterocycles. The highest BCUT2D eigenvalue weighted by Crippen LogP contribution is 2.36. The number of carbonyl (C=O) groups excluding carboxylic acids is 1. The zero-order valence-corrected chi connectivity index (χ0v) is 17.2. The summed E-state index contributed by atoms with van der Waals surface area (Å²) in [6, 6.07) is 8.58. The van der Waals surface area contributed by atoms with Crippen LogP contribution in [0.3, 0.4) is 0 Å². The molecule has 3 N–H and O–H groups in total. The summed E-state index contributed by atoms with van der Waals surface area (Å²) in [5.74, 6) is -0.356. The lowest BCUT2D eigenvalue weighted by atomic mass is 10.1. The number of rotatable bonds is 5. The van der Waals surface area contributed by atoms with Crippen LogP contribution in [0.2, 0.25) is 5.02 Å². The molecule has 0 fully saturated rings. The minimum absolute atomic E-state index is 0.0634. The zero-order chi connectivity index (χ0) is 21.3. The van der Waals surface area contributed by atoms with E-state index >= 15 is 0 Å². The van der Waals surface area contributed by atoms with Crippen molar-refractivity contribution in [2.75, 3.05) is 11.6 Å². The first-order chi connectivity index (χ1) is 13.6. The van der Waals surface area contributed by atoms with Crippen LogP contribution in [-0.4, -0.2) is 31.8 Å². The number of hydrazone groups is 1. The van der Waals surface area contributed by atoms with Crippen LogP contribution in [0.1, 0.15) is 19.4 Å². The van der Waals surface area contributed by atoms with Crippen molar-refractivity contribution >= 4 is 45.0 Å². The molecule has 2 aromatic carbocycles. The lowest BCUT2D eigenvalue weighted by molar-refractivity contribution is -0.114. The van der Waals surface area contributed by atoms with E-state index in [1.807, 2.05) is 0 Å². The van der Waals surface area contributed by atoms with Crippen LogP contribution in [0.4, 0.5) is 5.69 Å². The number of nitrogens with two attached hydrogens (primary N) is 1. The Bertz CT molecular complexity index is 1140. The maximum Gasteiger partial charge on any atom is 0.280 e. The summed E-state index contributed by atoms with van der Waals surface area (Å²) in [5.41, 5.74) is 1.74. The van der Waals surface area contributed by atoms with Crippen LogP contribution < -0.4 is 14.9 Å². The summed E-state index contributed by atoms with van der Waals surface area (Å²) in [7, 11) is -3.83. The SMILES string of the molecule is CCOc1cc(C=C2C(=O)N(c3ccc(S(N)(=O)=O)cc3)N=C2C)cc(Cl)c1O. The number of phenolic OH excluding ortho intramolecular Hbond substituents is 1. The molecule has 3 rings (SSSR count). The second kappa shape index (κ2) is 7.86. The number of nitrogens with zero attached hydrogens (tertiary/aromatic N) is 2. The summed E-state index contributed by atoms with van der Waals surface area (Å²) >= 11 is 6.04. The number of phenols is 1. The number of hydrogen-bond acceptors (Lipinski definition) is 6. The summed E-state index contributed by atoms with van der Waals surface area (Å²) in [6.07, 6.45) is 1.59. The van der Waals surface area contributed by atoms with Gasteiger partial charge < -0.3 is 9.84 Å². The van der Waals surface area contributed by atoms with Crippen molar-refractivity contribution < 1.29 is 23.1 Å². The van der Waals surface area contributed by atoms with E-state index in [0.29, 0.717) is 29.1 Å². The van der Waals surface area contributed by atoms with Crippen molar-refractivity contribution in [2.45, 2.75) is 18.7 Å². The molecule has 8 nitrogen and oxygen atoms in total. The average molecular weight is 436 g/mol. The topological polar surface area (TPSA) is 122 Å². The van der Waals surface area contributed by atoms with Gasteiger partial charge in [0.05, 0.1) is 33.5 Å². The average Bonchev–Trinajstić information content (AvgIpc) is 2.93. The lowest BCUT2D eigenvalue weighted by Crippen LogP contribution is -2.21. The minimum atomic E-state index is -3.83. The molecule has 0 radical (unpaired) electrons. The van der Waals surface area contributed by atoms with Gasteiger partial charge in [-0.2, -0.15) is 10.1 Å². The van der Waals surface area contributed by atoms with Crippen molar-refractivity contribution in [1.82, 2.24) is 0 Å². The molecule has 29 heavy (non-hydrogen) atoms. The van der Waals surface area contributed by atoms with Crippen LogP contribution >= 0.6 is 11.6 Å². The second-order valence-electron chi connectivity index (χ2n) is 6.18. The van der Waals surface area contributed by atoms with Gasteiger partial charge in [0.15, 0.2) is 11.5 Å². The van der Waals surface area contributed by atoms with Gasteiger partial charge in [0.2, 0.25) is 10.0 Å². The molecular formula is C19H18ClN3O5S. The number of ether oxygens (including phenoxy) is 1. The molecule has 0 saturated carbocycles. The molecule has 0 bridgehead atoms. The van der Waals surface area contributed by atoms with Gasteiger partial charge in [-0.15, -0.1) is 0 Å². The van der Waals surface area contributed by atoms with Gasteiger partial charge in [0, 0.05) is 0 Å². The third-order valence-corrected chi connectivity index (χ3v) is 5.35. The Morgan fingerprint density at radius 3 is 2.52 bits per heavy atom. The molecule has 2 aromatic rings. The fourth-order valence-electron chi connectivity index (χ4n) is 2.75. The number of carbonyl (C=O) groups is 1. The molecule has 0 spiro atoms. The van der Waals surface area contributed by atoms with Gasteiger partial charge in [0.25, 0.3) is 5.91 Å². The molecule has 0 unspecified atom stereocenters. The molecular weight excluding hydrogens is 418 g/mol. The fourth-order valence-corrected chi connectivity index (χ4v) is 3.48. The Morgan fingerprint density at radius 1 is 1.28 bits per heavy atom. The Labute approximate surface area is 172 Å². The normalized spacial score (nSPS) is 15.7. The summed E-state index contributed by atoms with van der Waals surface area (Å²) in [5, 5.41) is 20.6. The van der Waals surface area contributed by atoms with E-state index < -0.39 is 15.9 Å². The van der Waals surface area contributed by atoms with Crippen LogP contribution in [0.15, 0.2) is 52.0 Å². The van der Waals surface area contributed by atoms with Crippen LogP contribution in [0, 0.1) is 0 Å². The van der Waals surface area contributed by atoms with E-state index in [4.69, 9.17) is 21.5 Å². The first-order valence-electron chi connectivity index (χ1n) is 8.51. The van der Waals surface area contributed by atoms with E-state index in [2.05, 4.69) is 5.10 Å². The standard InChI is InChI=1S/C19H18ClN3O5S/c1-3-28-17-10-12(9-16(20)18(17)24)8-15-11(2)22-23(19(15)25)13-4-6-14(7-5-13)29(21,26)27/h4-10,24H,3H2,1-2H3,(H2,21,26,27). The number of amides is 1. The first-order valence-corrected chi connectivity index (χ1v) is 10.4. The maximum atomic E-state index is 12.9. The number of sulfonamides is 1. The van der Waals surface area contributed by atoms with Gasteiger partial charge in [0.1, 0.15) is 0 Å². The molecule has 0 atom stereocenters. The van der Waals surface area contributed by atoms with Crippen molar-refractivity contribution in [1.29, 1.82) is 0 Å². The highest BCUT2D eigenvalue weighted by Gasteiger charge is 2.29. The third kappa shape index (κ3) is 4.26. The largest absolute Gasteiger partial charge is 0.503 e. The molecule has 1 amide bonds. The Hall–Kier alpha value is -2.88. The number of primary sulfonamides is 1. The van der Waals surface area contributed by atoms with Crippen molar-refractivity contribution in [2.24, 2.45) is 10.2 Å². The quantitative estimate of drug-likeness (QED) is 0.699. The molecule has 10 heteroatoms. The third-order valence-electron chi connectivity index (χ3n) is 4.13. The number of benzene rings is 2. The second-order valence-corrected chi connectivity index (χ2v) is 8.15. The summed E-state index contributed by atoms with van der Waals surface area (Å²) in [6.45, 7) is 3.79. The smallest absolute Gasteiger partial charge is 0.280 e. The predicted molar refractivity (Wildman–Crippen MR) is 111 cm³/mol. The number of anilines is 1. The van der Waals surface area contributed by atoms with Crippen molar-refractivity contribution in [3.8, 4) is 11.5 Å². The molecule has 152 valence electrons. The Balaban J connectivity index is 1.94. The van der Waals surface area contributed by atoms with Crippen molar-refractivity contribution in [3.05, 3.63) is 52.6 Å². The van der Waals surface area contributed by atoms with Crippen LogP contribution in [0.5, 0.6) is 11.5 Å². The fraction of sp³-hybridized carbons (Fsp3) is 0.158. The van der Waals surface area contributed by atoms with Gasteiger partial charge in [-0.25, -0.2) is 13.6 Å². The van der Waals surface area contributed by atoms with Gasteiger partial charge in [-0.05, 0) is 61.9 Å². The van der Waals surface area contributed by atoms with Crippen LogP contribution in [0.25, 0.3) is 6.08 Å². The Kier molecular flexibility index (Phi) is 5.65. The van der Waals surface area contributed by atoms with E-state index in [9.17, 15) is 18.3 Å². The van der Waals surface area contributed by atoms with E-state index in [1.54, 1.807) is 26.0 Å². The summed E-state index contributed by atoms with van der Waals surface area (Å²) in [4.78, 5) is 12.8. The molecule has 1 aliphatic rings. The van der Waals surface area contributed by atoms with Gasteiger partial charge >= 0.3 is 0 Å². The molecule has 0 aromatic heterocycles. The Morgan fingerprint density at radius 2 is 1.93 bits per heavy atom. The summed E-state index contributed by atoms with van der Waals surface area (Å²) < 4.78 is 28.1.